The van der Waals surface area contributed by atoms with Crippen molar-refractivity contribution in [3.8, 4) is 0 Å². The first-order valence-electron chi connectivity index (χ1n) is 9.86. The van der Waals surface area contributed by atoms with Gasteiger partial charge < -0.3 is 4.74 Å². The van der Waals surface area contributed by atoms with Gasteiger partial charge in [0, 0.05) is 0 Å². The number of ether oxygens (including phenoxy) is 1. The summed E-state index contributed by atoms with van der Waals surface area (Å²) in [5.74, 6) is 2.11. The van der Waals surface area contributed by atoms with Crippen molar-refractivity contribution in [1.29, 1.82) is 0 Å². The molecule has 0 radical (unpaired) electrons. The lowest BCUT2D eigenvalue weighted by Crippen LogP contribution is -2.29. The SMILES string of the molecule is COC(=O)c1cc2ccc(C3CCC4CC(C)CCC4C3)cc2cc1F. The molecule has 0 N–H and O–H groups in total. The number of rotatable bonds is 2. The van der Waals surface area contributed by atoms with Gasteiger partial charge in [0.1, 0.15) is 5.82 Å². The van der Waals surface area contributed by atoms with Crippen LogP contribution in [-0.2, 0) is 4.74 Å². The number of esters is 1. The van der Waals surface area contributed by atoms with Crippen LogP contribution in [0.25, 0.3) is 10.8 Å². The summed E-state index contributed by atoms with van der Waals surface area (Å²) >= 11 is 0. The fraction of sp³-hybridized carbons (Fsp3) is 0.522. The Balaban J connectivity index is 1.59. The minimum Gasteiger partial charge on any atom is -0.465 e. The minimum absolute atomic E-state index is 0.00424. The summed E-state index contributed by atoms with van der Waals surface area (Å²) < 4.78 is 19.0. The van der Waals surface area contributed by atoms with Crippen molar-refractivity contribution in [3.63, 3.8) is 0 Å². The van der Waals surface area contributed by atoms with Crippen LogP contribution in [0.2, 0.25) is 0 Å². The Morgan fingerprint density at radius 3 is 2.58 bits per heavy atom. The predicted molar refractivity (Wildman–Crippen MR) is 102 cm³/mol. The van der Waals surface area contributed by atoms with E-state index < -0.39 is 11.8 Å². The zero-order chi connectivity index (χ0) is 18.3. The first-order valence-corrected chi connectivity index (χ1v) is 9.86. The maximum atomic E-state index is 14.3. The van der Waals surface area contributed by atoms with Crippen LogP contribution in [0.15, 0.2) is 30.3 Å². The molecule has 26 heavy (non-hydrogen) atoms. The Kier molecular flexibility index (Phi) is 4.73. The predicted octanol–water partition coefficient (Wildman–Crippen LogP) is 6.09. The average molecular weight is 354 g/mol. The maximum absolute atomic E-state index is 14.3. The van der Waals surface area contributed by atoms with Crippen LogP contribution in [0.5, 0.6) is 0 Å². The molecule has 0 saturated heterocycles. The molecule has 2 aliphatic rings. The van der Waals surface area contributed by atoms with Gasteiger partial charge in [0.05, 0.1) is 12.7 Å². The minimum atomic E-state index is -0.627. The van der Waals surface area contributed by atoms with Gasteiger partial charge in [-0.15, -0.1) is 0 Å². The van der Waals surface area contributed by atoms with Crippen LogP contribution in [0.3, 0.4) is 0 Å². The van der Waals surface area contributed by atoms with Crippen molar-refractivity contribution in [1.82, 2.24) is 0 Å². The fourth-order valence-electron chi connectivity index (χ4n) is 5.24. The van der Waals surface area contributed by atoms with Gasteiger partial charge in [0.25, 0.3) is 0 Å². The van der Waals surface area contributed by atoms with Gasteiger partial charge in [-0.25, -0.2) is 9.18 Å². The molecule has 0 aliphatic heterocycles. The van der Waals surface area contributed by atoms with Gasteiger partial charge in [-0.1, -0.05) is 31.5 Å². The monoisotopic (exact) mass is 354 g/mol. The van der Waals surface area contributed by atoms with Crippen LogP contribution in [0, 0.1) is 23.6 Å². The lowest BCUT2D eigenvalue weighted by Gasteiger charge is -2.41. The molecule has 0 spiro atoms. The molecule has 138 valence electrons. The Bertz CT molecular complexity index is 828. The zero-order valence-corrected chi connectivity index (χ0v) is 15.6. The molecule has 2 aromatic rings. The Morgan fingerprint density at radius 2 is 1.77 bits per heavy atom. The summed E-state index contributed by atoms with van der Waals surface area (Å²) in [7, 11) is 1.28. The molecule has 4 unspecified atom stereocenters. The Labute approximate surface area is 154 Å². The van der Waals surface area contributed by atoms with E-state index in [4.69, 9.17) is 0 Å². The van der Waals surface area contributed by atoms with Crippen molar-refractivity contribution < 1.29 is 13.9 Å². The van der Waals surface area contributed by atoms with Crippen LogP contribution >= 0.6 is 0 Å². The lowest BCUT2D eigenvalue weighted by atomic mass is 9.64. The molecule has 0 bridgehead atoms. The van der Waals surface area contributed by atoms with Crippen molar-refractivity contribution >= 4 is 16.7 Å². The maximum Gasteiger partial charge on any atom is 0.340 e. The summed E-state index contributed by atoms with van der Waals surface area (Å²) in [4.78, 5) is 11.7. The molecular weight excluding hydrogens is 327 g/mol. The molecule has 0 heterocycles. The summed E-state index contributed by atoms with van der Waals surface area (Å²) in [6.45, 7) is 2.39. The molecule has 4 rings (SSSR count). The highest BCUT2D eigenvalue weighted by molar-refractivity contribution is 5.95. The number of carbonyl (C=O) groups is 1. The van der Waals surface area contributed by atoms with Crippen LogP contribution in [0.4, 0.5) is 4.39 Å². The topological polar surface area (TPSA) is 26.3 Å². The van der Waals surface area contributed by atoms with Crippen LogP contribution < -0.4 is 0 Å². The van der Waals surface area contributed by atoms with Gasteiger partial charge in [-0.05, 0) is 84.2 Å². The summed E-state index contributed by atoms with van der Waals surface area (Å²) in [6.07, 6.45) is 7.97. The van der Waals surface area contributed by atoms with Gasteiger partial charge >= 0.3 is 5.97 Å². The van der Waals surface area contributed by atoms with Gasteiger partial charge in [0.2, 0.25) is 0 Å². The quantitative estimate of drug-likeness (QED) is 0.610. The molecule has 2 saturated carbocycles. The van der Waals surface area contributed by atoms with Gasteiger partial charge in [0.15, 0.2) is 0 Å². The highest BCUT2D eigenvalue weighted by Gasteiger charge is 2.34. The Morgan fingerprint density at radius 1 is 1.00 bits per heavy atom. The van der Waals surface area contributed by atoms with Crippen molar-refractivity contribution in [3.05, 3.63) is 47.3 Å². The van der Waals surface area contributed by atoms with Crippen molar-refractivity contribution in [2.45, 2.75) is 51.4 Å². The van der Waals surface area contributed by atoms with E-state index >= 15 is 0 Å². The number of carbonyl (C=O) groups excluding carboxylic acids is 1. The summed E-state index contributed by atoms with van der Waals surface area (Å²) in [5, 5.41) is 1.75. The molecule has 2 aliphatic carbocycles. The highest BCUT2D eigenvalue weighted by Crippen LogP contribution is 2.47. The number of halogens is 1. The van der Waals surface area contributed by atoms with E-state index in [1.807, 2.05) is 6.07 Å². The van der Waals surface area contributed by atoms with Crippen LogP contribution in [-0.4, -0.2) is 13.1 Å². The lowest BCUT2D eigenvalue weighted by molar-refractivity contribution is 0.0595. The summed E-state index contributed by atoms with van der Waals surface area (Å²) in [6, 6.07) is 9.37. The molecule has 0 amide bonds. The van der Waals surface area contributed by atoms with E-state index in [0.717, 1.165) is 28.5 Å². The van der Waals surface area contributed by atoms with E-state index in [0.29, 0.717) is 5.92 Å². The smallest absolute Gasteiger partial charge is 0.340 e. The molecule has 2 nitrogen and oxygen atoms in total. The summed E-state index contributed by atoms with van der Waals surface area (Å²) in [5.41, 5.74) is 1.32. The largest absolute Gasteiger partial charge is 0.465 e. The third kappa shape index (κ3) is 3.24. The van der Waals surface area contributed by atoms with E-state index in [-0.39, 0.29) is 5.56 Å². The molecule has 0 aromatic heterocycles. The third-order valence-electron chi connectivity index (χ3n) is 6.70. The number of hydrogen-bond donors (Lipinski definition) is 0. The Hall–Kier alpha value is -1.90. The standard InChI is InChI=1S/C23H27FO2/c1-14-3-4-16-10-17(6-5-15(16)9-14)18-7-8-19-12-21(23(25)26-2)22(24)13-20(19)11-18/h7-8,11-17H,3-6,9-10H2,1-2H3. The van der Waals surface area contributed by atoms with E-state index in [9.17, 15) is 9.18 Å². The highest BCUT2D eigenvalue weighted by atomic mass is 19.1. The van der Waals surface area contributed by atoms with E-state index in [1.165, 1.54) is 57.3 Å². The average Bonchev–Trinajstić information content (AvgIpc) is 2.66. The first kappa shape index (κ1) is 17.5. The molecule has 3 heteroatoms. The molecule has 2 aromatic carbocycles. The second-order valence-corrected chi connectivity index (χ2v) is 8.38. The number of benzene rings is 2. The molecule has 2 fully saturated rings. The van der Waals surface area contributed by atoms with Gasteiger partial charge in [-0.2, -0.15) is 0 Å². The molecule has 4 atom stereocenters. The zero-order valence-electron chi connectivity index (χ0n) is 15.6. The first-order chi connectivity index (χ1) is 12.5. The van der Waals surface area contributed by atoms with Crippen molar-refractivity contribution in [2.75, 3.05) is 7.11 Å². The number of hydrogen-bond acceptors (Lipinski definition) is 2. The van der Waals surface area contributed by atoms with Crippen LogP contribution in [0.1, 0.15) is 67.3 Å². The third-order valence-corrected chi connectivity index (χ3v) is 6.70. The normalized spacial score (nSPS) is 28.6. The van der Waals surface area contributed by atoms with E-state index in [1.54, 1.807) is 6.07 Å². The number of methoxy groups -OCH3 is 1. The molecular formula is C23H27FO2. The second kappa shape index (κ2) is 7.02. The van der Waals surface area contributed by atoms with Gasteiger partial charge in [-0.3, -0.25) is 0 Å². The van der Waals surface area contributed by atoms with Crippen molar-refractivity contribution in [2.24, 2.45) is 17.8 Å². The fourth-order valence-corrected chi connectivity index (χ4v) is 5.24. The second-order valence-electron chi connectivity index (χ2n) is 8.38. The van der Waals surface area contributed by atoms with E-state index in [2.05, 4.69) is 23.8 Å². The number of fused-ring (bicyclic) bond motifs is 2.